The molecule has 27 heavy (non-hydrogen) atoms. The van der Waals surface area contributed by atoms with Crippen LogP contribution in [0.15, 0.2) is 23.1 Å². The fourth-order valence-electron chi connectivity index (χ4n) is 3.12. The van der Waals surface area contributed by atoms with Crippen LogP contribution in [0, 0.1) is 25.2 Å². The van der Waals surface area contributed by atoms with Crippen LogP contribution in [0.1, 0.15) is 36.1 Å². The van der Waals surface area contributed by atoms with Gasteiger partial charge in [-0.3, -0.25) is 9.59 Å². The lowest BCUT2D eigenvalue weighted by Crippen LogP contribution is -2.32. The number of hydrogen-bond acceptors (Lipinski definition) is 6. The predicted molar refractivity (Wildman–Crippen MR) is 102 cm³/mol. The second-order valence-corrected chi connectivity index (χ2v) is 6.66. The van der Waals surface area contributed by atoms with Gasteiger partial charge in [-0.15, -0.1) is 0 Å². The van der Waals surface area contributed by atoms with Crippen molar-refractivity contribution < 1.29 is 4.79 Å². The lowest BCUT2D eigenvalue weighted by atomic mass is 10.1. The van der Waals surface area contributed by atoms with Gasteiger partial charge in [0.1, 0.15) is 24.0 Å². The summed E-state index contributed by atoms with van der Waals surface area (Å²) in [5.74, 6) is 0.502. The summed E-state index contributed by atoms with van der Waals surface area (Å²) in [7, 11) is 0. The molecule has 0 aliphatic carbocycles. The van der Waals surface area contributed by atoms with Crippen LogP contribution in [-0.2, 0) is 11.3 Å². The van der Waals surface area contributed by atoms with E-state index in [1.165, 1.54) is 19.3 Å². The molecular formula is C19H22N6O2. The third-order valence-corrected chi connectivity index (χ3v) is 4.75. The van der Waals surface area contributed by atoms with Gasteiger partial charge in [0.2, 0.25) is 5.91 Å². The number of nitrogens with one attached hydrogen (secondary N) is 1. The normalized spacial score (nSPS) is 13.9. The third kappa shape index (κ3) is 4.14. The van der Waals surface area contributed by atoms with E-state index in [0.717, 1.165) is 23.6 Å². The van der Waals surface area contributed by atoms with Crippen molar-refractivity contribution in [1.29, 1.82) is 5.26 Å². The Bertz CT molecular complexity index is 936. The van der Waals surface area contributed by atoms with Crippen LogP contribution in [0.25, 0.3) is 0 Å². The summed E-state index contributed by atoms with van der Waals surface area (Å²) >= 11 is 0. The molecule has 8 nitrogen and oxygen atoms in total. The smallest absolute Gasteiger partial charge is 0.285 e. The Hall–Kier alpha value is -3.21. The van der Waals surface area contributed by atoms with Gasteiger partial charge in [0.25, 0.3) is 5.56 Å². The second kappa shape index (κ2) is 7.99. The SMILES string of the molecule is Cc1nn(CC(=O)Nc2ccc(N3CCCCC3)nc2)c(=O)c(C#N)c1C. The van der Waals surface area contributed by atoms with E-state index >= 15 is 0 Å². The lowest BCUT2D eigenvalue weighted by Gasteiger charge is -2.27. The van der Waals surface area contributed by atoms with Crippen LogP contribution in [0.2, 0.25) is 0 Å². The summed E-state index contributed by atoms with van der Waals surface area (Å²) in [6.45, 7) is 5.11. The molecule has 3 heterocycles. The lowest BCUT2D eigenvalue weighted by molar-refractivity contribution is -0.117. The van der Waals surface area contributed by atoms with Crippen molar-refractivity contribution in [2.45, 2.75) is 39.7 Å². The molecule has 0 aromatic carbocycles. The van der Waals surface area contributed by atoms with Gasteiger partial charge in [-0.1, -0.05) is 0 Å². The number of piperidine rings is 1. The summed E-state index contributed by atoms with van der Waals surface area (Å²) in [5.41, 5.74) is 1.10. The topological polar surface area (TPSA) is 104 Å². The maximum Gasteiger partial charge on any atom is 0.285 e. The molecule has 8 heteroatoms. The monoisotopic (exact) mass is 366 g/mol. The highest BCUT2D eigenvalue weighted by atomic mass is 16.2. The molecule has 0 atom stereocenters. The quantitative estimate of drug-likeness (QED) is 0.884. The number of rotatable bonds is 4. The molecule has 2 aromatic rings. The molecule has 0 spiro atoms. The Morgan fingerprint density at radius 2 is 2.00 bits per heavy atom. The highest BCUT2D eigenvalue weighted by Gasteiger charge is 2.15. The number of aromatic nitrogens is 3. The van der Waals surface area contributed by atoms with E-state index in [9.17, 15) is 9.59 Å². The van der Waals surface area contributed by atoms with Crippen molar-refractivity contribution in [3.05, 3.63) is 45.5 Å². The minimum atomic E-state index is -0.561. The van der Waals surface area contributed by atoms with Gasteiger partial charge in [-0.05, 0) is 50.8 Å². The zero-order valence-electron chi connectivity index (χ0n) is 15.5. The van der Waals surface area contributed by atoms with Crippen LogP contribution in [0.5, 0.6) is 0 Å². The highest BCUT2D eigenvalue weighted by Crippen LogP contribution is 2.18. The molecule has 1 saturated heterocycles. The van der Waals surface area contributed by atoms with Crippen LogP contribution in [-0.4, -0.2) is 33.8 Å². The molecule has 2 aromatic heterocycles. The fraction of sp³-hybridized carbons (Fsp3) is 0.421. The molecule has 1 fully saturated rings. The summed E-state index contributed by atoms with van der Waals surface area (Å²) < 4.78 is 1.02. The van der Waals surface area contributed by atoms with Gasteiger partial charge in [-0.25, -0.2) is 9.67 Å². The molecule has 1 amide bonds. The average molecular weight is 366 g/mol. The first-order valence-electron chi connectivity index (χ1n) is 8.99. The summed E-state index contributed by atoms with van der Waals surface area (Å²) in [6.07, 6.45) is 5.20. The maximum absolute atomic E-state index is 12.3. The number of carbonyl (C=O) groups excluding carboxylic acids is 1. The van der Waals surface area contributed by atoms with Crippen LogP contribution in [0.3, 0.4) is 0 Å². The number of hydrogen-bond donors (Lipinski definition) is 1. The molecule has 3 rings (SSSR count). The van der Waals surface area contributed by atoms with E-state index in [1.54, 1.807) is 26.1 Å². The van der Waals surface area contributed by atoms with Crippen molar-refractivity contribution in [3.63, 3.8) is 0 Å². The van der Waals surface area contributed by atoms with E-state index in [-0.39, 0.29) is 12.1 Å². The number of carbonyl (C=O) groups is 1. The van der Waals surface area contributed by atoms with Crippen molar-refractivity contribution in [2.24, 2.45) is 0 Å². The van der Waals surface area contributed by atoms with Crippen molar-refractivity contribution in [3.8, 4) is 6.07 Å². The molecule has 140 valence electrons. The Morgan fingerprint density at radius 3 is 2.63 bits per heavy atom. The number of aryl methyl sites for hydroxylation is 1. The maximum atomic E-state index is 12.3. The number of nitriles is 1. The second-order valence-electron chi connectivity index (χ2n) is 6.66. The highest BCUT2D eigenvalue weighted by molar-refractivity contribution is 5.90. The van der Waals surface area contributed by atoms with E-state index in [4.69, 9.17) is 5.26 Å². The van der Waals surface area contributed by atoms with Gasteiger partial charge in [0.15, 0.2) is 0 Å². The Labute approximate surface area is 157 Å². The van der Waals surface area contributed by atoms with E-state index in [0.29, 0.717) is 16.9 Å². The third-order valence-electron chi connectivity index (χ3n) is 4.75. The van der Waals surface area contributed by atoms with Gasteiger partial charge < -0.3 is 10.2 Å². The molecule has 1 aliphatic rings. The largest absolute Gasteiger partial charge is 0.357 e. The Balaban J connectivity index is 1.69. The van der Waals surface area contributed by atoms with E-state index < -0.39 is 11.5 Å². The Kier molecular flexibility index (Phi) is 5.50. The average Bonchev–Trinajstić information content (AvgIpc) is 2.68. The molecular weight excluding hydrogens is 344 g/mol. The molecule has 1 N–H and O–H groups in total. The van der Waals surface area contributed by atoms with Crippen LogP contribution < -0.4 is 15.8 Å². The molecule has 0 radical (unpaired) electrons. The first-order valence-corrected chi connectivity index (χ1v) is 8.99. The number of amides is 1. The predicted octanol–water partition coefficient (Wildman–Crippen LogP) is 1.76. The van der Waals surface area contributed by atoms with Gasteiger partial charge in [0, 0.05) is 13.1 Å². The standard InChI is InChI=1S/C19H22N6O2/c1-13-14(2)23-25(19(27)16(13)10-20)12-18(26)22-15-6-7-17(21-11-15)24-8-4-3-5-9-24/h6-7,11H,3-5,8-9,12H2,1-2H3,(H,22,26). The van der Waals surface area contributed by atoms with Crippen LogP contribution in [0.4, 0.5) is 11.5 Å². The molecule has 0 bridgehead atoms. The van der Waals surface area contributed by atoms with E-state index in [1.807, 2.05) is 12.1 Å². The molecule has 1 aliphatic heterocycles. The van der Waals surface area contributed by atoms with Gasteiger partial charge in [-0.2, -0.15) is 10.4 Å². The minimum Gasteiger partial charge on any atom is -0.357 e. The van der Waals surface area contributed by atoms with Crippen molar-refractivity contribution >= 4 is 17.4 Å². The zero-order valence-corrected chi connectivity index (χ0v) is 15.5. The molecule has 0 unspecified atom stereocenters. The number of anilines is 2. The minimum absolute atomic E-state index is 0.0165. The zero-order chi connectivity index (χ0) is 19.4. The Morgan fingerprint density at radius 1 is 1.26 bits per heavy atom. The van der Waals surface area contributed by atoms with Crippen molar-refractivity contribution in [2.75, 3.05) is 23.3 Å². The number of nitrogens with zero attached hydrogens (tertiary/aromatic N) is 5. The first-order chi connectivity index (χ1) is 13.0. The molecule has 0 saturated carbocycles. The summed E-state index contributed by atoms with van der Waals surface area (Å²) in [4.78, 5) is 31.2. The summed E-state index contributed by atoms with van der Waals surface area (Å²) in [6, 6.07) is 5.57. The van der Waals surface area contributed by atoms with Gasteiger partial charge in [0.05, 0.1) is 17.6 Å². The van der Waals surface area contributed by atoms with E-state index in [2.05, 4.69) is 20.3 Å². The number of pyridine rings is 1. The first kappa shape index (κ1) is 18.6. The van der Waals surface area contributed by atoms with Crippen molar-refractivity contribution in [1.82, 2.24) is 14.8 Å². The fourth-order valence-corrected chi connectivity index (χ4v) is 3.12. The van der Waals surface area contributed by atoms with Crippen LogP contribution >= 0.6 is 0 Å². The summed E-state index contributed by atoms with van der Waals surface area (Å²) in [5, 5.41) is 16.0. The van der Waals surface area contributed by atoms with Gasteiger partial charge >= 0.3 is 0 Å².